The predicted octanol–water partition coefficient (Wildman–Crippen LogP) is 1.91. The van der Waals surface area contributed by atoms with Gasteiger partial charge in [0.25, 0.3) is 0 Å². The van der Waals surface area contributed by atoms with Gasteiger partial charge in [0.05, 0.1) is 19.8 Å². The molecule has 6 heteroatoms. The summed E-state index contributed by atoms with van der Waals surface area (Å²) in [7, 11) is 1.47. The summed E-state index contributed by atoms with van der Waals surface area (Å²) in [5, 5.41) is 21.1. The highest BCUT2D eigenvalue weighted by atomic mass is 16.5. The lowest BCUT2D eigenvalue weighted by Crippen LogP contribution is -2.02. The van der Waals surface area contributed by atoms with Gasteiger partial charge in [-0.05, 0) is 18.2 Å². The van der Waals surface area contributed by atoms with E-state index in [4.69, 9.17) is 14.6 Å². The van der Waals surface area contributed by atoms with Crippen LogP contribution in [0.25, 0.3) is 0 Å². The second-order valence-corrected chi connectivity index (χ2v) is 3.75. The van der Waals surface area contributed by atoms with Crippen molar-refractivity contribution in [2.75, 3.05) is 20.3 Å². The molecule has 0 aliphatic carbocycles. The van der Waals surface area contributed by atoms with Gasteiger partial charge in [-0.25, -0.2) is 0 Å². The zero-order chi connectivity index (χ0) is 13.5. The minimum Gasteiger partial charge on any atom is -0.493 e. The van der Waals surface area contributed by atoms with E-state index in [9.17, 15) is 10.0 Å². The quantitative estimate of drug-likeness (QED) is 0.574. The van der Waals surface area contributed by atoms with Crippen LogP contribution in [0.1, 0.15) is 25.0 Å². The first-order valence-corrected chi connectivity index (χ1v) is 5.61. The van der Waals surface area contributed by atoms with Crippen molar-refractivity contribution in [2.45, 2.75) is 19.4 Å². The van der Waals surface area contributed by atoms with Crippen molar-refractivity contribution in [1.82, 2.24) is 0 Å². The normalized spacial score (nSPS) is 12.0. The fourth-order valence-corrected chi connectivity index (χ4v) is 1.50. The highest BCUT2D eigenvalue weighted by Crippen LogP contribution is 2.37. The fraction of sp³-hybridized carbons (Fsp3) is 0.500. The van der Waals surface area contributed by atoms with Crippen molar-refractivity contribution in [2.24, 2.45) is 5.18 Å². The number of methoxy groups -OCH3 is 1. The second kappa shape index (κ2) is 6.93. The van der Waals surface area contributed by atoms with Crippen molar-refractivity contribution < 1.29 is 19.7 Å². The van der Waals surface area contributed by atoms with Gasteiger partial charge in [-0.15, -0.1) is 4.91 Å². The molecule has 0 spiro atoms. The molecule has 1 unspecified atom stereocenters. The molecule has 6 nitrogen and oxygen atoms in total. The van der Waals surface area contributed by atoms with Crippen LogP contribution in [0.15, 0.2) is 17.3 Å². The summed E-state index contributed by atoms with van der Waals surface area (Å²) in [6.45, 7) is 1.86. The van der Waals surface area contributed by atoms with Crippen LogP contribution >= 0.6 is 0 Å². The third-order valence-electron chi connectivity index (χ3n) is 2.42. The SMILES string of the molecule is COc1cc(C(C)O)c(N=O)cc1OCCCO. The van der Waals surface area contributed by atoms with Gasteiger partial charge in [0.15, 0.2) is 11.5 Å². The van der Waals surface area contributed by atoms with Crippen molar-refractivity contribution in [1.29, 1.82) is 0 Å². The van der Waals surface area contributed by atoms with E-state index in [1.54, 1.807) is 0 Å². The Labute approximate surface area is 105 Å². The average Bonchev–Trinajstić information content (AvgIpc) is 2.38. The van der Waals surface area contributed by atoms with E-state index in [2.05, 4.69) is 5.18 Å². The van der Waals surface area contributed by atoms with Crippen molar-refractivity contribution >= 4 is 5.69 Å². The summed E-state index contributed by atoms with van der Waals surface area (Å²) in [4.78, 5) is 10.7. The lowest BCUT2D eigenvalue weighted by Gasteiger charge is -2.14. The number of aliphatic hydroxyl groups is 2. The Bertz CT molecular complexity index is 406. The highest BCUT2D eigenvalue weighted by Gasteiger charge is 2.15. The summed E-state index contributed by atoms with van der Waals surface area (Å²) < 4.78 is 10.5. The maximum absolute atomic E-state index is 10.7. The van der Waals surface area contributed by atoms with Crippen LogP contribution in [-0.2, 0) is 0 Å². The maximum atomic E-state index is 10.7. The first-order chi connectivity index (χ1) is 8.63. The fourth-order valence-electron chi connectivity index (χ4n) is 1.50. The zero-order valence-electron chi connectivity index (χ0n) is 10.4. The van der Waals surface area contributed by atoms with E-state index in [1.165, 1.54) is 26.2 Å². The van der Waals surface area contributed by atoms with Crippen LogP contribution in [0.2, 0.25) is 0 Å². The van der Waals surface area contributed by atoms with Crippen LogP contribution in [0.5, 0.6) is 11.5 Å². The number of rotatable bonds is 7. The van der Waals surface area contributed by atoms with E-state index < -0.39 is 6.10 Å². The minimum absolute atomic E-state index is 0.0207. The molecule has 1 rings (SSSR count). The number of nitroso groups, excluding NO2 is 1. The lowest BCUT2D eigenvalue weighted by atomic mass is 10.1. The van der Waals surface area contributed by atoms with E-state index in [1.807, 2.05) is 0 Å². The van der Waals surface area contributed by atoms with Crippen LogP contribution in [0, 0.1) is 4.91 Å². The van der Waals surface area contributed by atoms with Crippen LogP contribution < -0.4 is 9.47 Å². The Morgan fingerprint density at radius 2 is 2.11 bits per heavy atom. The molecule has 1 aromatic rings. The smallest absolute Gasteiger partial charge is 0.163 e. The highest BCUT2D eigenvalue weighted by molar-refractivity contribution is 5.58. The molecule has 0 radical (unpaired) electrons. The molecule has 2 N–H and O–H groups in total. The molecule has 18 heavy (non-hydrogen) atoms. The number of benzene rings is 1. The first kappa shape index (κ1) is 14.4. The van der Waals surface area contributed by atoms with Crippen LogP contribution in [-0.4, -0.2) is 30.5 Å². The molecular formula is C12H17NO5. The molecule has 0 aromatic heterocycles. The number of nitrogens with zero attached hydrogens (tertiary/aromatic N) is 1. The summed E-state index contributed by atoms with van der Waals surface area (Å²) in [6, 6.07) is 2.95. The third kappa shape index (κ3) is 3.41. The Hall–Kier alpha value is -1.66. The number of aliphatic hydroxyl groups excluding tert-OH is 2. The van der Waals surface area contributed by atoms with E-state index >= 15 is 0 Å². The summed E-state index contributed by atoms with van der Waals surface area (Å²) in [6.07, 6.45) is -0.344. The van der Waals surface area contributed by atoms with Gasteiger partial charge in [-0.3, -0.25) is 0 Å². The van der Waals surface area contributed by atoms with E-state index in [0.29, 0.717) is 30.1 Å². The maximum Gasteiger partial charge on any atom is 0.163 e. The molecule has 0 saturated carbocycles. The minimum atomic E-state index is -0.821. The van der Waals surface area contributed by atoms with Crippen molar-refractivity contribution in [3.05, 3.63) is 22.6 Å². The molecule has 0 bridgehead atoms. The standard InChI is InChI=1S/C12H17NO5/c1-8(15)9-6-11(17-2)12(7-10(9)13-16)18-5-3-4-14/h6-8,14-15H,3-5H2,1-2H3. The van der Waals surface area contributed by atoms with E-state index in [-0.39, 0.29) is 12.3 Å². The average molecular weight is 255 g/mol. The van der Waals surface area contributed by atoms with Gasteiger partial charge in [-0.2, -0.15) is 0 Å². The van der Waals surface area contributed by atoms with Gasteiger partial charge in [0.2, 0.25) is 0 Å². The summed E-state index contributed by atoms with van der Waals surface area (Å²) >= 11 is 0. The van der Waals surface area contributed by atoms with Gasteiger partial charge in [0, 0.05) is 24.7 Å². The predicted molar refractivity (Wildman–Crippen MR) is 66.3 cm³/mol. The molecule has 1 atom stereocenters. The van der Waals surface area contributed by atoms with Gasteiger partial charge in [-0.1, -0.05) is 0 Å². The number of hydrogen-bond donors (Lipinski definition) is 2. The molecule has 100 valence electrons. The summed E-state index contributed by atoms with van der Waals surface area (Å²) in [5.41, 5.74) is 0.501. The summed E-state index contributed by atoms with van der Waals surface area (Å²) in [5.74, 6) is 0.779. The van der Waals surface area contributed by atoms with Crippen molar-refractivity contribution in [3.8, 4) is 11.5 Å². The van der Waals surface area contributed by atoms with E-state index in [0.717, 1.165) is 0 Å². The Morgan fingerprint density at radius 1 is 1.39 bits per heavy atom. The molecule has 0 saturated heterocycles. The molecular weight excluding hydrogens is 238 g/mol. The number of ether oxygens (including phenoxy) is 2. The van der Waals surface area contributed by atoms with Gasteiger partial charge >= 0.3 is 0 Å². The second-order valence-electron chi connectivity index (χ2n) is 3.75. The topological polar surface area (TPSA) is 88.4 Å². The first-order valence-electron chi connectivity index (χ1n) is 5.61. The zero-order valence-corrected chi connectivity index (χ0v) is 10.4. The molecule has 0 heterocycles. The lowest BCUT2D eigenvalue weighted by molar-refractivity contribution is 0.198. The van der Waals surface area contributed by atoms with Crippen molar-refractivity contribution in [3.63, 3.8) is 0 Å². The number of hydrogen-bond acceptors (Lipinski definition) is 6. The van der Waals surface area contributed by atoms with Gasteiger partial charge in [0.1, 0.15) is 5.69 Å². The Kier molecular flexibility index (Phi) is 5.54. The Morgan fingerprint density at radius 3 is 2.61 bits per heavy atom. The van der Waals surface area contributed by atoms with Crippen LogP contribution in [0.4, 0.5) is 5.69 Å². The molecule has 0 fully saturated rings. The van der Waals surface area contributed by atoms with Gasteiger partial charge < -0.3 is 19.7 Å². The largest absolute Gasteiger partial charge is 0.493 e. The third-order valence-corrected chi connectivity index (χ3v) is 2.42. The molecule has 0 aliphatic rings. The Balaban J connectivity index is 3.05. The molecule has 0 aliphatic heterocycles. The molecule has 1 aromatic carbocycles. The monoisotopic (exact) mass is 255 g/mol. The van der Waals surface area contributed by atoms with Crippen LogP contribution in [0.3, 0.4) is 0 Å². The molecule has 0 amide bonds.